The third-order valence-corrected chi connectivity index (χ3v) is 3.31. The molecule has 0 bridgehead atoms. The molecule has 0 spiro atoms. The number of nitrogens with one attached hydrogen (secondary N) is 1. The van der Waals surface area contributed by atoms with Gasteiger partial charge in [0, 0.05) is 6.04 Å². The van der Waals surface area contributed by atoms with Gasteiger partial charge in [-0.2, -0.15) is 13.2 Å². The van der Waals surface area contributed by atoms with Crippen LogP contribution in [0.25, 0.3) is 0 Å². The zero-order valence-corrected chi connectivity index (χ0v) is 10.6. The van der Waals surface area contributed by atoms with Crippen LogP contribution in [0.4, 0.5) is 13.2 Å². The van der Waals surface area contributed by atoms with E-state index in [1.165, 1.54) is 0 Å². The molecule has 16 heavy (non-hydrogen) atoms. The SMILES string of the molecule is CC(Br)C(=O)NC1CCC(C(F)(F)F)CC1. The van der Waals surface area contributed by atoms with Crippen molar-refractivity contribution in [1.82, 2.24) is 5.32 Å². The summed E-state index contributed by atoms with van der Waals surface area (Å²) in [5, 5.41) is 2.74. The summed E-state index contributed by atoms with van der Waals surface area (Å²) in [6.07, 6.45) is -3.03. The number of alkyl halides is 4. The van der Waals surface area contributed by atoms with Gasteiger partial charge in [-0.15, -0.1) is 0 Å². The van der Waals surface area contributed by atoms with E-state index < -0.39 is 12.1 Å². The molecule has 0 aliphatic heterocycles. The predicted octanol–water partition coefficient (Wildman–Crippen LogP) is 3.01. The molecule has 2 nitrogen and oxygen atoms in total. The standard InChI is InChI=1S/C10H15BrF3NO/c1-6(11)9(16)15-8-4-2-7(3-5-8)10(12,13)14/h6-8H,2-5H2,1H3,(H,15,16). The molecule has 1 atom stereocenters. The average molecular weight is 302 g/mol. The lowest BCUT2D eigenvalue weighted by Gasteiger charge is -2.30. The Balaban J connectivity index is 2.35. The number of amides is 1. The van der Waals surface area contributed by atoms with Gasteiger partial charge in [0.05, 0.1) is 10.7 Å². The highest BCUT2D eigenvalue weighted by atomic mass is 79.9. The topological polar surface area (TPSA) is 29.1 Å². The van der Waals surface area contributed by atoms with Crippen molar-refractivity contribution in [2.75, 3.05) is 0 Å². The molecule has 1 amide bonds. The minimum Gasteiger partial charge on any atom is -0.352 e. The maximum absolute atomic E-state index is 12.4. The average Bonchev–Trinajstić information content (AvgIpc) is 2.17. The normalized spacial score (nSPS) is 28.6. The van der Waals surface area contributed by atoms with Crippen LogP contribution in [0.2, 0.25) is 0 Å². The molecule has 1 fully saturated rings. The maximum atomic E-state index is 12.4. The first-order valence-corrected chi connectivity index (χ1v) is 6.23. The number of carbonyl (C=O) groups excluding carboxylic acids is 1. The zero-order valence-electron chi connectivity index (χ0n) is 8.98. The maximum Gasteiger partial charge on any atom is 0.391 e. The van der Waals surface area contributed by atoms with Crippen LogP contribution >= 0.6 is 15.9 Å². The van der Waals surface area contributed by atoms with Gasteiger partial charge in [-0.25, -0.2) is 0 Å². The minimum atomic E-state index is -4.09. The zero-order chi connectivity index (χ0) is 12.3. The van der Waals surface area contributed by atoms with Crippen LogP contribution in [0, 0.1) is 5.92 Å². The van der Waals surface area contributed by atoms with Crippen molar-refractivity contribution < 1.29 is 18.0 Å². The highest BCUT2D eigenvalue weighted by Crippen LogP contribution is 2.37. The Hall–Kier alpha value is -0.260. The Morgan fingerprint density at radius 3 is 2.19 bits per heavy atom. The largest absolute Gasteiger partial charge is 0.391 e. The van der Waals surface area contributed by atoms with Crippen molar-refractivity contribution in [3.8, 4) is 0 Å². The van der Waals surface area contributed by atoms with E-state index >= 15 is 0 Å². The minimum absolute atomic E-state index is 0.105. The summed E-state index contributed by atoms with van der Waals surface area (Å²) in [4.78, 5) is 11.0. The van der Waals surface area contributed by atoms with Crippen LogP contribution in [0.15, 0.2) is 0 Å². The molecule has 1 N–H and O–H groups in total. The van der Waals surface area contributed by atoms with Crippen LogP contribution < -0.4 is 5.32 Å². The highest BCUT2D eigenvalue weighted by Gasteiger charge is 2.41. The van der Waals surface area contributed by atoms with Crippen LogP contribution in [0.3, 0.4) is 0 Å². The molecule has 0 heterocycles. The molecule has 6 heteroatoms. The van der Waals surface area contributed by atoms with E-state index in [4.69, 9.17) is 0 Å². The highest BCUT2D eigenvalue weighted by molar-refractivity contribution is 9.10. The Kier molecular flexibility index (Phi) is 4.64. The van der Waals surface area contributed by atoms with E-state index in [1.54, 1.807) is 6.92 Å². The third-order valence-electron chi connectivity index (χ3n) is 2.90. The van der Waals surface area contributed by atoms with Gasteiger partial charge in [0.1, 0.15) is 0 Å². The quantitative estimate of drug-likeness (QED) is 0.781. The van der Waals surface area contributed by atoms with Gasteiger partial charge in [0.15, 0.2) is 0 Å². The molecule has 0 radical (unpaired) electrons. The summed E-state index contributed by atoms with van der Waals surface area (Å²) in [7, 11) is 0. The second kappa shape index (κ2) is 5.38. The fraction of sp³-hybridized carbons (Fsp3) is 0.900. The van der Waals surface area contributed by atoms with Crippen LogP contribution in [-0.4, -0.2) is 23.0 Å². The van der Waals surface area contributed by atoms with Gasteiger partial charge in [0.25, 0.3) is 0 Å². The fourth-order valence-electron chi connectivity index (χ4n) is 1.88. The van der Waals surface area contributed by atoms with E-state index in [0.717, 1.165) is 0 Å². The van der Waals surface area contributed by atoms with Gasteiger partial charge in [-0.1, -0.05) is 15.9 Å². The lowest BCUT2D eigenvalue weighted by Crippen LogP contribution is -2.42. The van der Waals surface area contributed by atoms with Crippen LogP contribution in [0.5, 0.6) is 0 Å². The Labute approximate surface area is 101 Å². The smallest absolute Gasteiger partial charge is 0.352 e. The van der Waals surface area contributed by atoms with Crippen molar-refractivity contribution >= 4 is 21.8 Å². The number of hydrogen-bond donors (Lipinski definition) is 1. The molecule has 1 unspecified atom stereocenters. The second-order valence-corrected chi connectivity index (χ2v) is 5.59. The van der Waals surface area contributed by atoms with Gasteiger partial charge in [0.2, 0.25) is 5.91 Å². The summed E-state index contributed by atoms with van der Waals surface area (Å²) in [6, 6.07) is -0.105. The molecule has 94 valence electrons. The summed E-state index contributed by atoms with van der Waals surface area (Å²) in [6.45, 7) is 1.69. The number of hydrogen-bond acceptors (Lipinski definition) is 1. The van der Waals surface area contributed by atoms with E-state index in [9.17, 15) is 18.0 Å². The van der Waals surface area contributed by atoms with Crippen molar-refractivity contribution in [3.05, 3.63) is 0 Å². The molecular weight excluding hydrogens is 287 g/mol. The number of rotatable bonds is 2. The number of halogens is 4. The first-order chi connectivity index (χ1) is 7.30. The fourth-order valence-corrected chi connectivity index (χ4v) is 2.01. The molecule has 1 rings (SSSR count). The summed E-state index contributed by atoms with van der Waals surface area (Å²) in [5.41, 5.74) is 0. The first-order valence-electron chi connectivity index (χ1n) is 5.32. The second-order valence-electron chi connectivity index (χ2n) is 4.21. The van der Waals surface area contributed by atoms with E-state index in [2.05, 4.69) is 21.2 Å². The first kappa shape index (κ1) is 13.8. The summed E-state index contributed by atoms with van der Waals surface area (Å²) < 4.78 is 37.1. The number of carbonyl (C=O) groups is 1. The van der Waals surface area contributed by atoms with Crippen molar-refractivity contribution in [3.63, 3.8) is 0 Å². The molecule has 0 saturated heterocycles. The van der Waals surface area contributed by atoms with Gasteiger partial charge in [-0.05, 0) is 32.6 Å². The molecule has 0 aromatic heterocycles. The third kappa shape index (κ3) is 3.96. The van der Waals surface area contributed by atoms with E-state index in [0.29, 0.717) is 12.8 Å². The van der Waals surface area contributed by atoms with Crippen molar-refractivity contribution in [2.24, 2.45) is 5.92 Å². The molecule has 0 aromatic rings. The molecule has 1 saturated carbocycles. The Bertz CT molecular complexity index is 247. The van der Waals surface area contributed by atoms with E-state index in [-0.39, 0.29) is 29.6 Å². The monoisotopic (exact) mass is 301 g/mol. The summed E-state index contributed by atoms with van der Waals surface area (Å²) >= 11 is 3.12. The van der Waals surface area contributed by atoms with Crippen molar-refractivity contribution in [2.45, 2.75) is 49.7 Å². The lowest BCUT2D eigenvalue weighted by atomic mass is 9.85. The molecule has 0 aromatic carbocycles. The van der Waals surface area contributed by atoms with Crippen LogP contribution in [0.1, 0.15) is 32.6 Å². The van der Waals surface area contributed by atoms with Gasteiger partial charge >= 0.3 is 6.18 Å². The molecule has 1 aliphatic carbocycles. The summed E-state index contributed by atoms with van der Waals surface area (Å²) in [5.74, 6) is -1.35. The predicted molar refractivity (Wildman–Crippen MR) is 58.3 cm³/mol. The van der Waals surface area contributed by atoms with Crippen molar-refractivity contribution in [1.29, 1.82) is 0 Å². The van der Waals surface area contributed by atoms with Gasteiger partial charge in [-0.3, -0.25) is 4.79 Å². The van der Waals surface area contributed by atoms with Gasteiger partial charge < -0.3 is 5.32 Å². The lowest BCUT2D eigenvalue weighted by molar-refractivity contribution is -0.182. The molecular formula is C10H15BrF3NO. The van der Waals surface area contributed by atoms with Crippen LogP contribution in [-0.2, 0) is 4.79 Å². The van der Waals surface area contributed by atoms with E-state index in [1.807, 2.05) is 0 Å². The molecule has 1 aliphatic rings. The Morgan fingerprint density at radius 2 is 1.81 bits per heavy atom. The Morgan fingerprint density at radius 1 is 1.31 bits per heavy atom.